The fraction of sp³-hybridized carbons (Fsp3) is 1.00. The third-order valence-electron chi connectivity index (χ3n) is 1.73. The number of hydrogen-bond acceptors (Lipinski definition) is 0. The minimum atomic E-state index is 0.116. The van der Waals surface area contributed by atoms with E-state index in [0.29, 0.717) is 0 Å². The molecule has 0 aromatic heterocycles. The van der Waals surface area contributed by atoms with Crippen molar-refractivity contribution >= 4 is 0 Å². The molecule has 0 amide bonds. The van der Waals surface area contributed by atoms with Gasteiger partial charge in [0.05, 0.1) is 0 Å². The smallest absolute Gasteiger partial charge is 0.0303 e. The number of hydrogen-bond donors (Lipinski definition) is 0. The normalized spacial score (nSPS) is 75.2. The van der Waals surface area contributed by atoms with Crippen LogP contribution in [0.15, 0.2) is 0 Å². The molecule has 0 aromatic carbocycles. The zero-order valence-electron chi connectivity index (χ0n) is 4.20. The van der Waals surface area contributed by atoms with Gasteiger partial charge in [-0.3, -0.25) is 0 Å². The summed E-state index contributed by atoms with van der Waals surface area (Å²) < 4.78 is 7.33. The van der Waals surface area contributed by atoms with Crippen molar-refractivity contribution in [2.24, 2.45) is 11.8 Å². The molecular weight excluding hydrogens is 60.1 g/mol. The molecule has 3 rings (SSSR count). The van der Waals surface area contributed by atoms with Gasteiger partial charge in [0.25, 0.3) is 0 Å². The van der Waals surface area contributed by atoms with E-state index in [9.17, 15) is 0 Å². The molecule has 0 unspecified atom stereocenters. The molecule has 0 aromatic rings. The van der Waals surface area contributed by atoms with Crippen LogP contribution in [0, 0.1) is 11.8 Å². The highest BCUT2D eigenvalue weighted by molar-refractivity contribution is 4.92. The highest BCUT2D eigenvalue weighted by Crippen LogP contribution is 2.52. The van der Waals surface area contributed by atoms with Crippen LogP contribution in [0.2, 0.25) is 0 Å². The summed E-state index contributed by atoms with van der Waals surface area (Å²) in [6.07, 6.45) is 3.65. The molecule has 3 aliphatic carbocycles. The van der Waals surface area contributed by atoms with Gasteiger partial charge in [0, 0.05) is 1.37 Å². The Morgan fingerprint density at radius 1 is 1.40 bits per heavy atom. The molecule has 28 valence electrons. The second-order valence-electron chi connectivity index (χ2n) is 2.23. The summed E-state index contributed by atoms with van der Waals surface area (Å²) in [5.74, 6) is 1.10. The van der Waals surface area contributed by atoms with Gasteiger partial charge in [-0.05, 0) is 31.1 Å². The molecule has 2 bridgehead atoms. The molecule has 0 aliphatic heterocycles. The van der Waals surface area contributed by atoms with E-state index in [4.69, 9.17) is 1.37 Å². The molecule has 3 saturated carbocycles. The first-order valence-electron chi connectivity index (χ1n) is 2.79. The standard InChI is InChI=1S/C5H8/c1-4-2-5(1)3-4/h4-5H,1-3H2/i4D. The molecule has 3 fully saturated rings. The largest absolute Gasteiger partial charge is 0.0475 e. The topological polar surface area (TPSA) is 0 Å². The van der Waals surface area contributed by atoms with Crippen molar-refractivity contribution < 1.29 is 1.37 Å². The summed E-state index contributed by atoms with van der Waals surface area (Å²) >= 11 is 0. The van der Waals surface area contributed by atoms with Crippen LogP contribution in [-0.4, -0.2) is 0 Å². The van der Waals surface area contributed by atoms with Crippen LogP contribution in [0.25, 0.3) is 0 Å². The van der Waals surface area contributed by atoms with Crippen molar-refractivity contribution in [3.63, 3.8) is 0 Å². The average molecular weight is 69.1 g/mol. The van der Waals surface area contributed by atoms with Crippen molar-refractivity contribution in [1.29, 1.82) is 0 Å². The lowest BCUT2D eigenvalue weighted by atomic mass is 9.56. The second-order valence-corrected chi connectivity index (χ2v) is 2.23. The molecule has 0 heterocycles. The van der Waals surface area contributed by atoms with Crippen molar-refractivity contribution in [2.75, 3.05) is 0 Å². The van der Waals surface area contributed by atoms with E-state index >= 15 is 0 Å². The minimum absolute atomic E-state index is 0.116. The van der Waals surface area contributed by atoms with E-state index in [-0.39, 0.29) is 5.89 Å². The fourth-order valence-electron chi connectivity index (χ4n) is 1.05. The molecule has 0 atom stereocenters. The molecular formula is C5H8. The SMILES string of the molecule is [2H]C12CC(C1)C2. The van der Waals surface area contributed by atoms with Crippen LogP contribution in [0.4, 0.5) is 0 Å². The summed E-state index contributed by atoms with van der Waals surface area (Å²) in [6.45, 7) is 0. The predicted octanol–water partition coefficient (Wildman–Crippen LogP) is 1.42. The summed E-state index contributed by atoms with van der Waals surface area (Å²) in [5.41, 5.74) is 0. The minimum Gasteiger partial charge on any atom is -0.0475 e. The molecule has 0 spiro atoms. The molecule has 3 aliphatic rings. The van der Waals surface area contributed by atoms with Crippen LogP contribution in [0.1, 0.15) is 20.6 Å². The first kappa shape index (κ1) is 1.63. The lowest BCUT2D eigenvalue weighted by Crippen LogP contribution is -2.38. The summed E-state index contributed by atoms with van der Waals surface area (Å²) in [5, 5.41) is 0. The molecule has 0 heteroatoms. The van der Waals surface area contributed by atoms with E-state index in [0.717, 1.165) is 5.92 Å². The highest BCUT2D eigenvalue weighted by atomic mass is 14.5. The Hall–Kier alpha value is 0. The first-order chi connectivity index (χ1) is 2.79. The van der Waals surface area contributed by atoms with Gasteiger partial charge in [-0.15, -0.1) is 0 Å². The van der Waals surface area contributed by atoms with Crippen molar-refractivity contribution in [3.05, 3.63) is 0 Å². The van der Waals surface area contributed by atoms with E-state index < -0.39 is 0 Å². The Morgan fingerprint density at radius 3 is 1.80 bits per heavy atom. The van der Waals surface area contributed by atoms with Crippen LogP contribution >= 0.6 is 0 Å². The zero-order chi connectivity index (χ0) is 4.20. The van der Waals surface area contributed by atoms with E-state index in [1.54, 1.807) is 0 Å². The lowest BCUT2D eigenvalue weighted by molar-refractivity contribution is 0.0198. The van der Waals surface area contributed by atoms with Gasteiger partial charge in [-0.2, -0.15) is 0 Å². The monoisotopic (exact) mass is 69.1 g/mol. The van der Waals surface area contributed by atoms with Crippen LogP contribution in [0.5, 0.6) is 0 Å². The maximum atomic E-state index is 7.33. The van der Waals surface area contributed by atoms with Gasteiger partial charge in [0.2, 0.25) is 0 Å². The van der Waals surface area contributed by atoms with Crippen LogP contribution in [-0.2, 0) is 0 Å². The van der Waals surface area contributed by atoms with Gasteiger partial charge in [0.1, 0.15) is 0 Å². The Balaban J connectivity index is 2.19. The molecule has 0 N–H and O–H groups in total. The van der Waals surface area contributed by atoms with E-state index in [1.165, 1.54) is 19.3 Å². The summed E-state index contributed by atoms with van der Waals surface area (Å²) in [7, 11) is 0. The lowest BCUT2D eigenvalue weighted by Gasteiger charge is -2.49. The number of rotatable bonds is 0. The molecule has 0 saturated heterocycles. The van der Waals surface area contributed by atoms with E-state index in [1.807, 2.05) is 0 Å². The van der Waals surface area contributed by atoms with Gasteiger partial charge >= 0.3 is 0 Å². The summed E-state index contributed by atoms with van der Waals surface area (Å²) in [4.78, 5) is 0. The average Bonchev–Trinajstić information content (AvgIpc) is 1.24. The van der Waals surface area contributed by atoms with Gasteiger partial charge < -0.3 is 0 Å². The highest BCUT2D eigenvalue weighted by Gasteiger charge is 2.41. The van der Waals surface area contributed by atoms with Crippen LogP contribution < -0.4 is 0 Å². The third-order valence-corrected chi connectivity index (χ3v) is 1.73. The van der Waals surface area contributed by atoms with Gasteiger partial charge in [0.15, 0.2) is 0 Å². The zero-order valence-corrected chi connectivity index (χ0v) is 3.20. The van der Waals surface area contributed by atoms with Crippen molar-refractivity contribution in [3.8, 4) is 0 Å². The second kappa shape index (κ2) is 0.444. The Morgan fingerprint density at radius 2 is 1.80 bits per heavy atom. The first-order valence-corrected chi connectivity index (χ1v) is 2.29. The van der Waals surface area contributed by atoms with Gasteiger partial charge in [-0.1, -0.05) is 0 Å². The Bertz CT molecular complexity index is 70.9. The molecule has 0 nitrogen and oxygen atoms in total. The predicted molar refractivity (Wildman–Crippen MR) is 20.8 cm³/mol. The van der Waals surface area contributed by atoms with Crippen molar-refractivity contribution in [1.82, 2.24) is 0 Å². The maximum Gasteiger partial charge on any atom is 0.0303 e. The quantitative estimate of drug-likeness (QED) is 0.403. The maximum absolute atomic E-state index is 7.33. The Kier molecular flexibility index (Phi) is 0.145. The Labute approximate surface area is 33.6 Å². The summed E-state index contributed by atoms with van der Waals surface area (Å²) in [6, 6.07) is 0. The van der Waals surface area contributed by atoms with Gasteiger partial charge in [-0.25, -0.2) is 0 Å². The fourth-order valence-corrected chi connectivity index (χ4v) is 1.05. The van der Waals surface area contributed by atoms with E-state index in [2.05, 4.69) is 0 Å². The molecule has 0 radical (unpaired) electrons. The van der Waals surface area contributed by atoms with Crippen LogP contribution in [0.3, 0.4) is 0 Å². The van der Waals surface area contributed by atoms with Crippen molar-refractivity contribution in [2.45, 2.75) is 19.3 Å². The molecule has 5 heavy (non-hydrogen) atoms. The third kappa shape index (κ3) is 0.111.